The lowest BCUT2D eigenvalue weighted by Gasteiger charge is -2.41. The van der Waals surface area contributed by atoms with Crippen molar-refractivity contribution in [1.82, 2.24) is 9.80 Å². The lowest BCUT2D eigenvalue weighted by Crippen LogP contribution is -2.44. The molecule has 0 aliphatic carbocycles. The second kappa shape index (κ2) is 4.94. The molecule has 2 aliphatic rings. The first-order chi connectivity index (χ1) is 8.01. The first kappa shape index (κ1) is 12.8. The fraction of sp³-hybridized carbons (Fsp3) is 0.923. The smallest absolute Gasteiger partial charge is 0.317 e. The number of carboxylic acids is 1. The number of carboxylic acid groups (broad SMARTS) is 1. The molecule has 4 heteroatoms. The van der Waals surface area contributed by atoms with Gasteiger partial charge < -0.3 is 10.0 Å². The molecule has 0 saturated carbocycles. The number of carbonyl (C=O) groups is 1. The van der Waals surface area contributed by atoms with Crippen LogP contribution in [0, 0.1) is 5.41 Å². The van der Waals surface area contributed by atoms with E-state index in [2.05, 4.69) is 23.6 Å². The van der Waals surface area contributed by atoms with E-state index in [0.717, 1.165) is 13.1 Å². The normalized spacial score (nSPS) is 25.8. The van der Waals surface area contributed by atoms with Gasteiger partial charge in [0.15, 0.2) is 0 Å². The quantitative estimate of drug-likeness (QED) is 0.807. The highest BCUT2D eigenvalue weighted by Gasteiger charge is 2.40. The number of hydrogen-bond acceptors (Lipinski definition) is 3. The Kier molecular flexibility index (Phi) is 3.73. The van der Waals surface area contributed by atoms with Crippen molar-refractivity contribution >= 4 is 5.97 Å². The number of piperidine rings is 1. The molecule has 2 aliphatic heterocycles. The third kappa shape index (κ3) is 2.99. The molecule has 0 aromatic rings. The highest BCUT2D eigenvalue weighted by molar-refractivity contribution is 5.69. The summed E-state index contributed by atoms with van der Waals surface area (Å²) in [6.07, 6.45) is 3.66. The van der Waals surface area contributed by atoms with E-state index in [1.54, 1.807) is 0 Å². The Morgan fingerprint density at radius 3 is 2.35 bits per heavy atom. The summed E-state index contributed by atoms with van der Waals surface area (Å²) in [5.74, 6) is -0.693. The maximum absolute atomic E-state index is 10.7. The minimum atomic E-state index is -0.693. The zero-order valence-electron chi connectivity index (χ0n) is 11.0. The maximum Gasteiger partial charge on any atom is 0.317 e. The summed E-state index contributed by atoms with van der Waals surface area (Å²) in [5, 5.41) is 8.83. The molecule has 17 heavy (non-hydrogen) atoms. The molecule has 0 amide bonds. The minimum absolute atomic E-state index is 0.218. The van der Waals surface area contributed by atoms with Gasteiger partial charge in [-0.3, -0.25) is 9.69 Å². The van der Waals surface area contributed by atoms with Crippen LogP contribution in [0.4, 0.5) is 0 Å². The van der Waals surface area contributed by atoms with Gasteiger partial charge in [0.25, 0.3) is 0 Å². The molecule has 1 N–H and O–H groups in total. The van der Waals surface area contributed by atoms with Crippen molar-refractivity contribution in [2.24, 2.45) is 5.41 Å². The van der Waals surface area contributed by atoms with Crippen LogP contribution in [0.3, 0.4) is 0 Å². The second-order valence-electron chi connectivity index (χ2n) is 5.98. The molecule has 4 nitrogen and oxygen atoms in total. The highest BCUT2D eigenvalue weighted by atomic mass is 16.4. The Morgan fingerprint density at radius 1 is 1.24 bits per heavy atom. The van der Waals surface area contributed by atoms with Crippen LogP contribution in [0.1, 0.15) is 33.1 Å². The van der Waals surface area contributed by atoms with Crippen molar-refractivity contribution in [3.8, 4) is 0 Å². The van der Waals surface area contributed by atoms with Crippen LogP contribution >= 0.6 is 0 Å². The van der Waals surface area contributed by atoms with Crippen LogP contribution in [0.5, 0.6) is 0 Å². The topological polar surface area (TPSA) is 43.8 Å². The lowest BCUT2D eigenvalue weighted by molar-refractivity contribution is -0.138. The zero-order valence-corrected chi connectivity index (χ0v) is 11.0. The lowest BCUT2D eigenvalue weighted by atomic mass is 9.77. The van der Waals surface area contributed by atoms with Crippen molar-refractivity contribution in [3.05, 3.63) is 0 Å². The summed E-state index contributed by atoms with van der Waals surface area (Å²) in [4.78, 5) is 15.4. The molecule has 0 aromatic carbocycles. The molecule has 0 unspecified atom stereocenters. The Morgan fingerprint density at radius 2 is 1.82 bits per heavy atom. The maximum atomic E-state index is 10.7. The molecule has 1 spiro atoms. The molecule has 0 radical (unpaired) electrons. The number of likely N-dealkylation sites (tertiary alicyclic amines) is 2. The highest BCUT2D eigenvalue weighted by Crippen LogP contribution is 2.40. The molecule has 2 rings (SSSR count). The van der Waals surface area contributed by atoms with Gasteiger partial charge in [0, 0.05) is 12.6 Å². The second-order valence-corrected chi connectivity index (χ2v) is 5.98. The van der Waals surface area contributed by atoms with Gasteiger partial charge in [-0.05, 0) is 58.2 Å². The Hall–Kier alpha value is -0.610. The van der Waals surface area contributed by atoms with Crippen LogP contribution < -0.4 is 0 Å². The first-order valence-corrected chi connectivity index (χ1v) is 6.69. The van der Waals surface area contributed by atoms with E-state index in [9.17, 15) is 4.79 Å². The van der Waals surface area contributed by atoms with Crippen LogP contribution in [0.15, 0.2) is 0 Å². The van der Waals surface area contributed by atoms with E-state index in [4.69, 9.17) is 5.11 Å². The summed E-state index contributed by atoms with van der Waals surface area (Å²) in [7, 11) is 0. The minimum Gasteiger partial charge on any atom is -0.480 e. The predicted octanol–water partition coefficient (Wildman–Crippen LogP) is 1.27. The number of hydrogen-bond donors (Lipinski definition) is 1. The van der Waals surface area contributed by atoms with E-state index in [-0.39, 0.29) is 6.54 Å². The van der Waals surface area contributed by atoms with E-state index < -0.39 is 5.97 Å². The molecule has 2 saturated heterocycles. The fourth-order valence-corrected chi connectivity index (χ4v) is 3.28. The number of rotatable bonds is 3. The van der Waals surface area contributed by atoms with E-state index >= 15 is 0 Å². The Balaban J connectivity index is 1.85. The molecular formula is C13H24N2O2. The summed E-state index contributed by atoms with van der Waals surface area (Å²) in [6.45, 7) is 9.04. The zero-order chi connectivity index (χ0) is 12.5. The standard InChI is InChI=1S/C13H24N2O2/c1-11(2)15-7-4-13(5-8-15)3-6-14(10-13)9-12(16)17/h11H,3-10H2,1-2H3,(H,16,17). The molecule has 2 heterocycles. The summed E-state index contributed by atoms with van der Waals surface area (Å²) in [5.41, 5.74) is 0.418. The molecule has 98 valence electrons. The van der Waals surface area contributed by atoms with Crippen LogP contribution in [-0.2, 0) is 4.79 Å². The largest absolute Gasteiger partial charge is 0.480 e. The van der Waals surface area contributed by atoms with Gasteiger partial charge in [-0.25, -0.2) is 0 Å². The molecule has 0 aromatic heterocycles. The fourth-order valence-electron chi connectivity index (χ4n) is 3.28. The van der Waals surface area contributed by atoms with Crippen LogP contribution in [0.2, 0.25) is 0 Å². The van der Waals surface area contributed by atoms with Crippen LogP contribution in [-0.4, -0.2) is 59.6 Å². The van der Waals surface area contributed by atoms with Gasteiger partial charge >= 0.3 is 5.97 Å². The third-order valence-electron chi connectivity index (χ3n) is 4.47. The van der Waals surface area contributed by atoms with E-state index in [0.29, 0.717) is 11.5 Å². The van der Waals surface area contributed by atoms with Gasteiger partial charge in [0.2, 0.25) is 0 Å². The van der Waals surface area contributed by atoms with Gasteiger partial charge in [0.1, 0.15) is 0 Å². The Bertz CT molecular complexity index is 283. The van der Waals surface area contributed by atoms with Crippen molar-refractivity contribution in [2.75, 3.05) is 32.7 Å². The molecule has 0 atom stereocenters. The molecule has 2 fully saturated rings. The van der Waals surface area contributed by atoms with Crippen molar-refractivity contribution in [2.45, 2.75) is 39.2 Å². The van der Waals surface area contributed by atoms with Gasteiger partial charge in [-0.15, -0.1) is 0 Å². The van der Waals surface area contributed by atoms with Crippen LogP contribution in [0.25, 0.3) is 0 Å². The predicted molar refractivity (Wildman–Crippen MR) is 67.1 cm³/mol. The first-order valence-electron chi connectivity index (χ1n) is 6.69. The van der Waals surface area contributed by atoms with E-state index in [1.165, 1.54) is 32.4 Å². The monoisotopic (exact) mass is 240 g/mol. The van der Waals surface area contributed by atoms with Gasteiger partial charge in [-0.2, -0.15) is 0 Å². The summed E-state index contributed by atoms with van der Waals surface area (Å²) < 4.78 is 0. The van der Waals surface area contributed by atoms with Crippen molar-refractivity contribution in [1.29, 1.82) is 0 Å². The SMILES string of the molecule is CC(C)N1CCC2(CCN(CC(=O)O)C2)CC1. The van der Waals surface area contributed by atoms with Gasteiger partial charge in [0.05, 0.1) is 6.54 Å². The van der Waals surface area contributed by atoms with E-state index in [1.807, 2.05) is 0 Å². The molecular weight excluding hydrogens is 216 g/mol. The van der Waals surface area contributed by atoms with Crippen molar-refractivity contribution < 1.29 is 9.90 Å². The van der Waals surface area contributed by atoms with Gasteiger partial charge in [-0.1, -0.05) is 0 Å². The number of aliphatic carboxylic acids is 1. The molecule has 0 bridgehead atoms. The average Bonchev–Trinajstić information content (AvgIpc) is 2.61. The van der Waals surface area contributed by atoms with Crippen molar-refractivity contribution in [3.63, 3.8) is 0 Å². The summed E-state index contributed by atoms with van der Waals surface area (Å²) >= 11 is 0. The summed E-state index contributed by atoms with van der Waals surface area (Å²) in [6, 6.07) is 0.642. The average molecular weight is 240 g/mol. The number of nitrogens with zero attached hydrogens (tertiary/aromatic N) is 2. The Labute approximate surface area is 104 Å². The third-order valence-corrected chi connectivity index (χ3v) is 4.47.